The number of benzene rings is 1. The molecule has 0 saturated carbocycles. The monoisotopic (exact) mass is 257 g/mol. The summed E-state index contributed by atoms with van der Waals surface area (Å²) in [4.78, 5) is 0. The molecule has 4 heteroatoms. The molecule has 1 N–H and O–H groups in total. The molecule has 0 amide bonds. The average molecular weight is 258 g/mol. The molecule has 0 saturated heterocycles. The van der Waals surface area contributed by atoms with Crippen LogP contribution in [-0.4, -0.2) is 33.4 Å². The van der Waals surface area contributed by atoms with Gasteiger partial charge in [-0.25, -0.2) is 0 Å². The summed E-state index contributed by atoms with van der Waals surface area (Å²) in [6.45, 7) is 1.45. The number of halogens is 1. The Morgan fingerprint density at radius 3 is 2.59 bits per heavy atom. The van der Waals surface area contributed by atoms with Crippen LogP contribution in [0.4, 0.5) is 0 Å². The second kappa shape index (κ2) is 8.34. The van der Waals surface area contributed by atoms with Gasteiger partial charge in [-0.15, -0.1) is 0 Å². The first-order chi connectivity index (χ1) is 8.26. The second-order valence-electron chi connectivity index (χ2n) is 3.89. The minimum absolute atomic E-state index is 0.348. The molecule has 1 unspecified atom stereocenters. The summed E-state index contributed by atoms with van der Waals surface area (Å²) in [5, 5.41) is 3.96. The number of hydrogen-bond donors (Lipinski definition) is 1. The van der Waals surface area contributed by atoms with Gasteiger partial charge in [0.2, 0.25) is 0 Å². The van der Waals surface area contributed by atoms with Crippen LogP contribution in [0.3, 0.4) is 0 Å². The van der Waals surface area contributed by atoms with Gasteiger partial charge in [0.05, 0.1) is 0 Å². The molecule has 17 heavy (non-hydrogen) atoms. The number of hydrogen-bond acceptors (Lipinski definition) is 3. The summed E-state index contributed by atoms with van der Waals surface area (Å²) < 4.78 is 10.7. The number of ether oxygens (including phenoxy) is 2. The van der Waals surface area contributed by atoms with Crippen LogP contribution >= 0.6 is 11.6 Å². The van der Waals surface area contributed by atoms with Crippen LogP contribution in [0.15, 0.2) is 24.3 Å². The first kappa shape index (κ1) is 14.3. The van der Waals surface area contributed by atoms with Crippen LogP contribution in [0.5, 0.6) is 5.75 Å². The van der Waals surface area contributed by atoms with Crippen LogP contribution in [0.1, 0.15) is 12.8 Å². The molecule has 0 spiro atoms. The molecule has 1 rings (SSSR count). The maximum absolute atomic E-state index is 5.80. The van der Waals surface area contributed by atoms with Crippen LogP contribution in [0.25, 0.3) is 0 Å². The van der Waals surface area contributed by atoms with Crippen molar-refractivity contribution < 1.29 is 9.47 Å². The number of rotatable bonds is 8. The molecule has 1 atom stereocenters. The Balaban J connectivity index is 2.29. The molecule has 0 aliphatic carbocycles. The van der Waals surface area contributed by atoms with Crippen molar-refractivity contribution in [3.8, 4) is 5.75 Å². The van der Waals surface area contributed by atoms with Gasteiger partial charge >= 0.3 is 0 Å². The van der Waals surface area contributed by atoms with Gasteiger partial charge in [-0.05, 0) is 44.2 Å². The lowest BCUT2D eigenvalue weighted by atomic mass is 10.2. The summed E-state index contributed by atoms with van der Waals surface area (Å²) in [5.74, 6) is 0.849. The van der Waals surface area contributed by atoms with E-state index in [4.69, 9.17) is 21.1 Å². The van der Waals surface area contributed by atoms with E-state index in [1.54, 1.807) is 7.11 Å². The molecular formula is C13H20ClNO2. The van der Waals surface area contributed by atoms with Crippen LogP contribution < -0.4 is 10.1 Å². The fourth-order valence-electron chi connectivity index (χ4n) is 1.51. The van der Waals surface area contributed by atoms with E-state index < -0.39 is 0 Å². The van der Waals surface area contributed by atoms with Gasteiger partial charge in [0.15, 0.2) is 0 Å². The highest BCUT2D eigenvalue weighted by atomic mass is 35.5. The van der Waals surface area contributed by atoms with Crippen molar-refractivity contribution in [3.63, 3.8) is 0 Å². The molecule has 1 aromatic carbocycles. The van der Waals surface area contributed by atoms with E-state index in [1.807, 2.05) is 31.3 Å². The molecule has 0 aromatic heterocycles. The third kappa shape index (κ3) is 5.91. The lowest BCUT2D eigenvalue weighted by molar-refractivity contribution is 0.182. The second-order valence-corrected chi connectivity index (χ2v) is 4.32. The van der Waals surface area contributed by atoms with Gasteiger partial charge in [-0.2, -0.15) is 0 Å². The van der Waals surface area contributed by atoms with Gasteiger partial charge in [-0.1, -0.05) is 11.6 Å². The predicted molar refractivity (Wildman–Crippen MR) is 70.9 cm³/mol. The predicted octanol–water partition coefficient (Wildman–Crippen LogP) is 2.73. The summed E-state index contributed by atoms with van der Waals surface area (Å²) >= 11 is 5.80. The molecule has 1 aromatic rings. The summed E-state index contributed by atoms with van der Waals surface area (Å²) in [6, 6.07) is 7.77. The van der Waals surface area contributed by atoms with Crippen LogP contribution in [0, 0.1) is 0 Å². The molecule has 0 bridgehead atoms. The Bertz CT molecular complexity index is 303. The van der Waals surface area contributed by atoms with Crippen molar-refractivity contribution in [1.82, 2.24) is 5.32 Å². The third-order valence-electron chi connectivity index (χ3n) is 2.57. The normalized spacial score (nSPS) is 12.4. The first-order valence-electron chi connectivity index (χ1n) is 5.81. The zero-order valence-corrected chi connectivity index (χ0v) is 11.2. The molecule has 96 valence electrons. The fourth-order valence-corrected chi connectivity index (χ4v) is 1.64. The molecule has 3 nitrogen and oxygen atoms in total. The maximum Gasteiger partial charge on any atom is 0.119 e. The van der Waals surface area contributed by atoms with E-state index in [0.29, 0.717) is 12.6 Å². The smallest absolute Gasteiger partial charge is 0.119 e. The lowest BCUT2D eigenvalue weighted by Gasteiger charge is -2.16. The Morgan fingerprint density at radius 1 is 1.29 bits per heavy atom. The molecule has 0 aliphatic heterocycles. The van der Waals surface area contributed by atoms with Gasteiger partial charge < -0.3 is 14.8 Å². The van der Waals surface area contributed by atoms with Crippen molar-refractivity contribution >= 4 is 11.6 Å². The highest BCUT2D eigenvalue weighted by molar-refractivity contribution is 6.30. The number of likely N-dealkylation sites (N-methyl/N-ethyl adjacent to an activating group) is 1. The molecular weight excluding hydrogens is 238 g/mol. The van der Waals surface area contributed by atoms with Gasteiger partial charge in [0, 0.05) is 24.8 Å². The molecule has 0 radical (unpaired) electrons. The Morgan fingerprint density at radius 2 is 2.00 bits per heavy atom. The average Bonchev–Trinajstić information content (AvgIpc) is 2.35. The highest BCUT2D eigenvalue weighted by Crippen LogP contribution is 2.15. The summed E-state index contributed by atoms with van der Waals surface area (Å²) in [7, 11) is 3.67. The minimum atomic E-state index is 0.348. The summed E-state index contributed by atoms with van der Waals surface area (Å²) in [6.07, 6.45) is 2.07. The quantitative estimate of drug-likeness (QED) is 0.727. The number of nitrogens with one attached hydrogen (secondary N) is 1. The van der Waals surface area contributed by atoms with Gasteiger partial charge in [0.1, 0.15) is 12.4 Å². The fraction of sp³-hybridized carbons (Fsp3) is 0.538. The number of methoxy groups -OCH3 is 1. The van der Waals surface area contributed by atoms with E-state index in [9.17, 15) is 0 Å². The van der Waals surface area contributed by atoms with Crippen LogP contribution in [0.2, 0.25) is 5.02 Å². The highest BCUT2D eigenvalue weighted by Gasteiger charge is 2.06. The zero-order valence-electron chi connectivity index (χ0n) is 10.4. The Kier molecular flexibility index (Phi) is 7.01. The summed E-state index contributed by atoms with van der Waals surface area (Å²) in [5.41, 5.74) is 0. The minimum Gasteiger partial charge on any atom is -0.492 e. The van der Waals surface area contributed by atoms with Crippen LogP contribution in [-0.2, 0) is 4.74 Å². The standard InChI is InChI=1S/C13H20ClNO2/c1-15-12(4-3-9-16-2)10-17-13-7-5-11(14)6-8-13/h5-8,12,15H,3-4,9-10H2,1-2H3. The van der Waals surface area contributed by atoms with Gasteiger partial charge in [-0.3, -0.25) is 0 Å². The van der Waals surface area contributed by atoms with Crippen molar-refractivity contribution in [2.24, 2.45) is 0 Å². The Labute approximate surface area is 108 Å². The van der Waals surface area contributed by atoms with E-state index in [-0.39, 0.29) is 0 Å². The van der Waals surface area contributed by atoms with E-state index in [2.05, 4.69) is 5.32 Å². The van der Waals surface area contributed by atoms with E-state index >= 15 is 0 Å². The third-order valence-corrected chi connectivity index (χ3v) is 2.83. The van der Waals surface area contributed by atoms with Crippen molar-refractivity contribution in [1.29, 1.82) is 0 Å². The topological polar surface area (TPSA) is 30.5 Å². The van der Waals surface area contributed by atoms with Crippen molar-refractivity contribution in [3.05, 3.63) is 29.3 Å². The SMILES string of the molecule is CNC(CCCOC)COc1ccc(Cl)cc1. The van der Waals surface area contributed by atoms with E-state index in [1.165, 1.54) is 0 Å². The largest absolute Gasteiger partial charge is 0.492 e. The molecule has 0 heterocycles. The van der Waals surface area contributed by atoms with Gasteiger partial charge in [0.25, 0.3) is 0 Å². The maximum atomic E-state index is 5.80. The lowest BCUT2D eigenvalue weighted by Crippen LogP contribution is -2.31. The molecule has 0 fully saturated rings. The van der Waals surface area contributed by atoms with Crippen molar-refractivity contribution in [2.45, 2.75) is 18.9 Å². The molecule has 0 aliphatic rings. The zero-order chi connectivity index (χ0) is 12.5. The first-order valence-corrected chi connectivity index (χ1v) is 6.18. The van der Waals surface area contributed by atoms with E-state index in [0.717, 1.165) is 30.2 Å². The Hall–Kier alpha value is -0.770. The van der Waals surface area contributed by atoms with Crippen molar-refractivity contribution in [2.75, 3.05) is 27.4 Å².